The fourth-order valence-corrected chi connectivity index (χ4v) is 8.67. The lowest BCUT2D eigenvalue weighted by atomic mass is 9.90. The molecule has 0 atom stereocenters. The van der Waals surface area contributed by atoms with Crippen LogP contribution in [0.5, 0.6) is 0 Å². The van der Waals surface area contributed by atoms with Crippen molar-refractivity contribution in [2.24, 2.45) is 0 Å². The van der Waals surface area contributed by atoms with Gasteiger partial charge in [-0.05, 0) is 131 Å². The zero-order valence-corrected chi connectivity index (χ0v) is 26.6. The van der Waals surface area contributed by atoms with E-state index < -0.39 is 0 Å². The van der Waals surface area contributed by atoms with Gasteiger partial charge in [0.1, 0.15) is 11.2 Å². The van der Waals surface area contributed by atoms with Crippen molar-refractivity contribution in [1.82, 2.24) is 0 Å². The standard InChI is InChI=1S/C44H34O/c1-23-19-25(3)37(26(4)20-23)39-29-11-7-9-13-31(29)41-35(39)17-15-33-34-16-18-36-40(38-27(5)21-24(2)22-28(38)6)30-12-8-10-14-32(30)42(36)44(34)45-43(33)41/h7-22H,1-6H3. The van der Waals surface area contributed by atoms with Crippen LogP contribution in [0.2, 0.25) is 0 Å². The topological polar surface area (TPSA) is 13.1 Å². The van der Waals surface area contributed by atoms with Crippen LogP contribution in [0.25, 0.3) is 55.3 Å². The summed E-state index contributed by atoms with van der Waals surface area (Å²) in [6.45, 7) is 13.3. The van der Waals surface area contributed by atoms with E-state index in [1.807, 2.05) is 0 Å². The van der Waals surface area contributed by atoms with Gasteiger partial charge < -0.3 is 4.42 Å². The summed E-state index contributed by atoms with van der Waals surface area (Å²) < 4.78 is 7.15. The number of furan rings is 1. The second kappa shape index (κ2) is 9.19. The highest BCUT2D eigenvalue weighted by atomic mass is 16.3. The molecule has 6 aromatic carbocycles. The second-order valence-electron chi connectivity index (χ2n) is 13.2. The van der Waals surface area contributed by atoms with Crippen molar-refractivity contribution in [1.29, 1.82) is 0 Å². The Morgan fingerprint density at radius 3 is 1.11 bits per heavy atom. The number of hydrogen-bond acceptors (Lipinski definition) is 1. The SMILES string of the molecule is Cc1cc(C)c(C2=c3ccc4c(oc5c6c(ccc54)=C(c4c(C)cc(C)cc4C)c4ccccc4-6)c3-c3ccccc32)c(C)c1. The summed E-state index contributed by atoms with van der Waals surface area (Å²) in [4.78, 5) is 0. The molecule has 45 heavy (non-hydrogen) atoms. The van der Waals surface area contributed by atoms with Crippen LogP contribution < -0.4 is 10.4 Å². The maximum atomic E-state index is 7.15. The van der Waals surface area contributed by atoms with E-state index in [0.717, 1.165) is 11.2 Å². The van der Waals surface area contributed by atoms with Crippen LogP contribution in [-0.4, -0.2) is 0 Å². The predicted molar refractivity (Wildman–Crippen MR) is 188 cm³/mol. The minimum absolute atomic E-state index is 0.981. The van der Waals surface area contributed by atoms with Gasteiger partial charge in [-0.3, -0.25) is 0 Å². The maximum Gasteiger partial charge on any atom is 0.143 e. The molecule has 1 heterocycles. The van der Waals surface area contributed by atoms with Crippen LogP contribution in [0.1, 0.15) is 55.6 Å². The largest absolute Gasteiger partial charge is 0.455 e. The lowest BCUT2D eigenvalue weighted by Gasteiger charge is -2.14. The van der Waals surface area contributed by atoms with Gasteiger partial charge in [-0.25, -0.2) is 0 Å². The number of aryl methyl sites for hydroxylation is 6. The molecule has 7 aromatic rings. The van der Waals surface area contributed by atoms with Crippen molar-refractivity contribution in [2.45, 2.75) is 41.5 Å². The molecule has 0 radical (unpaired) electrons. The molecule has 216 valence electrons. The average Bonchev–Trinajstić information content (AvgIpc) is 3.65. The molecule has 0 saturated carbocycles. The molecule has 0 bridgehead atoms. The summed E-state index contributed by atoms with van der Waals surface area (Å²) in [7, 11) is 0. The molecule has 1 aromatic heterocycles. The van der Waals surface area contributed by atoms with Crippen molar-refractivity contribution < 1.29 is 4.42 Å². The van der Waals surface area contributed by atoms with Crippen molar-refractivity contribution >= 4 is 33.1 Å². The van der Waals surface area contributed by atoms with E-state index in [0.29, 0.717) is 0 Å². The lowest BCUT2D eigenvalue weighted by Crippen LogP contribution is -2.08. The van der Waals surface area contributed by atoms with E-state index in [1.165, 1.54) is 110 Å². The molecule has 2 aliphatic carbocycles. The van der Waals surface area contributed by atoms with Gasteiger partial charge in [-0.1, -0.05) is 96.1 Å². The monoisotopic (exact) mass is 578 g/mol. The van der Waals surface area contributed by atoms with E-state index in [2.05, 4.69) is 139 Å². The van der Waals surface area contributed by atoms with Gasteiger partial charge in [0.15, 0.2) is 0 Å². The highest BCUT2D eigenvalue weighted by molar-refractivity contribution is 6.17. The van der Waals surface area contributed by atoms with Gasteiger partial charge in [0.2, 0.25) is 0 Å². The van der Waals surface area contributed by atoms with Crippen LogP contribution >= 0.6 is 0 Å². The molecule has 0 spiro atoms. The quantitative estimate of drug-likeness (QED) is 0.199. The van der Waals surface area contributed by atoms with Crippen molar-refractivity contribution in [3.05, 3.63) is 163 Å². The normalized spacial score (nSPS) is 13.0. The zero-order valence-electron chi connectivity index (χ0n) is 26.6. The molecular formula is C44H34O. The van der Waals surface area contributed by atoms with E-state index in [9.17, 15) is 0 Å². The van der Waals surface area contributed by atoms with E-state index >= 15 is 0 Å². The van der Waals surface area contributed by atoms with Crippen molar-refractivity contribution in [3.63, 3.8) is 0 Å². The third-order valence-electron chi connectivity index (χ3n) is 10.1. The van der Waals surface area contributed by atoms with Crippen molar-refractivity contribution in [2.75, 3.05) is 0 Å². The minimum Gasteiger partial charge on any atom is -0.455 e. The molecular weight excluding hydrogens is 544 g/mol. The first-order valence-electron chi connectivity index (χ1n) is 15.9. The highest BCUT2D eigenvalue weighted by Gasteiger charge is 2.30. The summed E-state index contributed by atoms with van der Waals surface area (Å²) in [6.07, 6.45) is 0. The van der Waals surface area contributed by atoms with E-state index in [1.54, 1.807) is 0 Å². The Morgan fingerprint density at radius 2 is 0.733 bits per heavy atom. The first-order chi connectivity index (χ1) is 21.8. The van der Waals surface area contributed by atoms with Gasteiger partial charge in [0.05, 0.1) is 0 Å². The molecule has 1 heteroatoms. The van der Waals surface area contributed by atoms with Gasteiger partial charge in [-0.15, -0.1) is 0 Å². The van der Waals surface area contributed by atoms with E-state index in [-0.39, 0.29) is 0 Å². The smallest absolute Gasteiger partial charge is 0.143 e. The number of benzene rings is 6. The maximum absolute atomic E-state index is 7.15. The van der Waals surface area contributed by atoms with Crippen LogP contribution in [0.3, 0.4) is 0 Å². The Hall–Kier alpha value is -5.14. The molecule has 0 fully saturated rings. The molecule has 2 aliphatic rings. The fourth-order valence-electron chi connectivity index (χ4n) is 8.67. The zero-order chi connectivity index (χ0) is 30.7. The average molecular weight is 579 g/mol. The Kier molecular flexibility index (Phi) is 5.37. The first-order valence-corrected chi connectivity index (χ1v) is 15.9. The third-order valence-corrected chi connectivity index (χ3v) is 10.1. The minimum atomic E-state index is 0.981. The summed E-state index contributed by atoms with van der Waals surface area (Å²) in [5.74, 6) is 0. The molecule has 0 unspecified atom stereocenters. The predicted octanol–water partition coefficient (Wildman–Crippen LogP) is 9.89. The summed E-state index contributed by atoms with van der Waals surface area (Å²) in [5.41, 5.74) is 22.6. The Balaban J connectivity index is 1.42. The highest BCUT2D eigenvalue weighted by Crippen LogP contribution is 2.46. The van der Waals surface area contributed by atoms with Gasteiger partial charge >= 0.3 is 0 Å². The molecule has 0 aliphatic heterocycles. The lowest BCUT2D eigenvalue weighted by molar-refractivity contribution is 0.670. The van der Waals surface area contributed by atoms with Crippen LogP contribution in [0.4, 0.5) is 0 Å². The third kappa shape index (κ3) is 3.50. The summed E-state index contributed by atoms with van der Waals surface area (Å²) in [5, 5.41) is 4.86. The molecule has 0 saturated heterocycles. The van der Waals surface area contributed by atoms with Crippen LogP contribution in [0.15, 0.2) is 101 Å². The number of fused-ring (bicyclic) bond motifs is 11. The Bertz CT molecular complexity index is 2360. The summed E-state index contributed by atoms with van der Waals surface area (Å²) in [6, 6.07) is 36.2. The van der Waals surface area contributed by atoms with Crippen LogP contribution in [0, 0.1) is 41.5 Å². The number of hydrogen-bond donors (Lipinski definition) is 0. The molecule has 0 N–H and O–H groups in total. The fraction of sp³-hybridized carbons (Fsp3) is 0.136. The Labute approximate surface area is 263 Å². The number of rotatable bonds is 2. The van der Waals surface area contributed by atoms with Crippen LogP contribution in [-0.2, 0) is 0 Å². The summed E-state index contributed by atoms with van der Waals surface area (Å²) >= 11 is 0. The van der Waals surface area contributed by atoms with E-state index in [4.69, 9.17) is 4.42 Å². The molecule has 0 amide bonds. The van der Waals surface area contributed by atoms with Gasteiger partial charge in [0.25, 0.3) is 0 Å². The second-order valence-corrected chi connectivity index (χ2v) is 13.2. The van der Waals surface area contributed by atoms with Crippen molar-refractivity contribution in [3.8, 4) is 22.3 Å². The Morgan fingerprint density at radius 1 is 0.378 bits per heavy atom. The molecule has 9 rings (SSSR count). The van der Waals surface area contributed by atoms with Gasteiger partial charge in [-0.2, -0.15) is 0 Å². The van der Waals surface area contributed by atoms with Gasteiger partial charge in [0, 0.05) is 21.9 Å². The molecule has 1 nitrogen and oxygen atoms in total. The first kappa shape index (κ1) is 26.3.